The number of aliphatic carboxylic acids is 1. The summed E-state index contributed by atoms with van der Waals surface area (Å²) in [6.45, 7) is 0. The highest BCUT2D eigenvalue weighted by Crippen LogP contribution is 2.49. The van der Waals surface area contributed by atoms with Crippen LogP contribution in [0.3, 0.4) is 0 Å². The fourth-order valence-corrected chi connectivity index (χ4v) is 1.64. The summed E-state index contributed by atoms with van der Waals surface area (Å²) in [5, 5.41) is 8.67. The molecular formula is C6H6Br2O2. The van der Waals surface area contributed by atoms with E-state index in [9.17, 15) is 4.79 Å². The maximum atomic E-state index is 10.5. The number of rotatable bonds is 2. The molecule has 2 nitrogen and oxygen atoms in total. The molecular weight excluding hydrogens is 264 g/mol. The molecule has 0 radical (unpaired) electrons. The van der Waals surface area contributed by atoms with Crippen molar-refractivity contribution in [3.63, 3.8) is 0 Å². The number of carbonyl (C=O) groups is 1. The Morgan fingerprint density at radius 2 is 2.00 bits per heavy atom. The molecule has 1 aliphatic carbocycles. The van der Waals surface area contributed by atoms with E-state index in [4.69, 9.17) is 5.11 Å². The summed E-state index contributed by atoms with van der Waals surface area (Å²) in [6.07, 6.45) is 3.20. The molecule has 0 aromatic carbocycles. The summed E-state index contributed by atoms with van der Waals surface area (Å²) in [7, 11) is 0. The van der Waals surface area contributed by atoms with Crippen molar-refractivity contribution in [2.24, 2.45) is 5.41 Å². The van der Waals surface area contributed by atoms with Gasteiger partial charge in [0.05, 0.1) is 8.81 Å². The standard InChI is InChI=1S/C6H6Br2O2/c7-4(8)3-6(1-2-6)5(9)10/h3H,1-2H2,(H,9,10). The quantitative estimate of drug-likeness (QED) is 0.836. The van der Waals surface area contributed by atoms with Gasteiger partial charge in [-0.3, -0.25) is 4.79 Å². The van der Waals surface area contributed by atoms with E-state index in [0.717, 1.165) is 16.2 Å². The molecule has 0 saturated heterocycles. The second kappa shape index (κ2) is 2.66. The van der Waals surface area contributed by atoms with Crippen LogP contribution in [0.2, 0.25) is 0 Å². The number of carboxylic acid groups (broad SMARTS) is 1. The fraction of sp³-hybridized carbons (Fsp3) is 0.500. The summed E-state index contributed by atoms with van der Waals surface area (Å²) < 4.78 is 0.722. The van der Waals surface area contributed by atoms with E-state index in [1.54, 1.807) is 6.08 Å². The first-order chi connectivity index (χ1) is 4.57. The average Bonchev–Trinajstić information content (AvgIpc) is 2.46. The molecule has 0 spiro atoms. The van der Waals surface area contributed by atoms with Gasteiger partial charge in [-0.25, -0.2) is 0 Å². The second-order valence-electron chi connectivity index (χ2n) is 2.40. The number of hydrogen-bond donors (Lipinski definition) is 1. The van der Waals surface area contributed by atoms with Gasteiger partial charge in [0.2, 0.25) is 0 Å². The smallest absolute Gasteiger partial charge is 0.313 e. The lowest BCUT2D eigenvalue weighted by Gasteiger charge is -2.00. The molecule has 1 aliphatic rings. The first kappa shape index (κ1) is 8.27. The lowest BCUT2D eigenvalue weighted by molar-refractivity contribution is -0.141. The normalized spacial score (nSPS) is 19.8. The topological polar surface area (TPSA) is 37.3 Å². The molecule has 56 valence electrons. The van der Waals surface area contributed by atoms with Crippen LogP contribution in [0.1, 0.15) is 12.8 Å². The van der Waals surface area contributed by atoms with Crippen molar-refractivity contribution in [2.45, 2.75) is 12.8 Å². The summed E-state index contributed by atoms with van der Waals surface area (Å²) in [5.41, 5.74) is -0.567. The Morgan fingerprint density at radius 1 is 1.50 bits per heavy atom. The van der Waals surface area contributed by atoms with E-state index in [1.807, 2.05) is 0 Å². The Morgan fingerprint density at radius 3 is 2.10 bits per heavy atom. The van der Waals surface area contributed by atoms with E-state index in [-0.39, 0.29) is 0 Å². The molecule has 0 aromatic rings. The van der Waals surface area contributed by atoms with E-state index in [1.165, 1.54) is 0 Å². The van der Waals surface area contributed by atoms with Gasteiger partial charge in [0.15, 0.2) is 0 Å². The fourth-order valence-electron chi connectivity index (χ4n) is 0.763. The molecule has 10 heavy (non-hydrogen) atoms. The van der Waals surface area contributed by atoms with Crippen molar-refractivity contribution >= 4 is 37.8 Å². The van der Waals surface area contributed by atoms with Crippen LogP contribution in [0.5, 0.6) is 0 Å². The van der Waals surface area contributed by atoms with E-state index in [2.05, 4.69) is 31.9 Å². The molecule has 1 N–H and O–H groups in total. The van der Waals surface area contributed by atoms with Gasteiger partial charge in [-0.1, -0.05) is 0 Å². The predicted molar refractivity (Wildman–Crippen MR) is 45.2 cm³/mol. The molecule has 1 saturated carbocycles. The summed E-state index contributed by atoms with van der Waals surface area (Å²) >= 11 is 6.27. The number of carboxylic acids is 1. The molecule has 0 amide bonds. The van der Waals surface area contributed by atoms with Gasteiger partial charge in [0.1, 0.15) is 0 Å². The van der Waals surface area contributed by atoms with Crippen LogP contribution >= 0.6 is 31.9 Å². The highest BCUT2D eigenvalue weighted by atomic mass is 79.9. The van der Waals surface area contributed by atoms with Crippen molar-refractivity contribution in [1.29, 1.82) is 0 Å². The molecule has 4 heteroatoms. The van der Waals surface area contributed by atoms with Gasteiger partial charge in [-0.2, -0.15) is 0 Å². The maximum Gasteiger partial charge on any atom is 0.313 e. The zero-order valence-electron chi connectivity index (χ0n) is 5.10. The minimum Gasteiger partial charge on any atom is -0.481 e. The third-order valence-electron chi connectivity index (χ3n) is 1.60. The lowest BCUT2D eigenvalue weighted by atomic mass is 10.1. The number of hydrogen-bond acceptors (Lipinski definition) is 1. The molecule has 1 rings (SSSR count). The van der Waals surface area contributed by atoms with Crippen LogP contribution < -0.4 is 0 Å². The van der Waals surface area contributed by atoms with Crippen LogP contribution in [0.15, 0.2) is 9.47 Å². The Bertz CT molecular complexity index is 190. The molecule has 0 aliphatic heterocycles. The number of halogens is 2. The highest BCUT2D eigenvalue weighted by Gasteiger charge is 2.48. The van der Waals surface area contributed by atoms with E-state index < -0.39 is 11.4 Å². The third kappa shape index (κ3) is 1.61. The summed E-state index contributed by atoms with van der Waals surface area (Å²) in [4.78, 5) is 10.5. The van der Waals surface area contributed by atoms with Gasteiger partial charge in [0.25, 0.3) is 0 Å². The summed E-state index contributed by atoms with van der Waals surface area (Å²) in [5.74, 6) is -0.733. The van der Waals surface area contributed by atoms with Crippen molar-refractivity contribution < 1.29 is 9.90 Å². The zero-order valence-corrected chi connectivity index (χ0v) is 8.27. The van der Waals surface area contributed by atoms with Crippen molar-refractivity contribution in [2.75, 3.05) is 0 Å². The van der Waals surface area contributed by atoms with Gasteiger partial charge in [-0.05, 0) is 50.8 Å². The highest BCUT2D eigenvalue weighted by molar-refractivity contribution is 9.28. The SMILES string of the molecule is O=C(O)C1(C=C(Br)Br)CC1. The van der Waals surface area contributed by atoms with Crippen LogP contribution in [-0.2, 0) is 4.79 Å². The molecule has 0 atom stereocenters. The summed E-state index contributed by atoms with van der Waals surface area (Å²) in [6, 6.07) is 0. The van der Waals surface area contributed by atoms with Gasteiger partial charge < -0.3 is 5.11 Å². The predicted octanol–water partition coefficient (Wildman–Crippen LogP) is 2.48. The minimum atomic E-state index is -0.733. The Kier molecular flexibility index (Phi) is 2.20. The Hall–Kier alpha value is 0.170. The first-order valence-corrected chi connectivity index (χ1v) is 4.43. The largest absolute Gasteiger partial charge is 0.481 e. The Labute approximate surface area is 75.6 Å². The van der Waals surface area contributed by atoms with Crippen molar-refractivity contribution in [3.8, 4) is 0 Å². The van der Waals surface area contributed by atoms with Crippen LogP contribution in [0, 0.1) is 5.41 Å². The average molecular weight is 270 g/mol. The molecule has 0 aromatic heterocycles. The van der Waals surface area contributed by atoms with Gasteiger partial charge >= 0.3 is 5.97 Å². The lowest BCUT2D eigenvalue weighted by Crippen LogP contribution is -2.11. The van der Waals surface area contributed by atoms with E-state index >= 15 is 0 Å². The minimum absolute atomic E-state index is 0.567. The van der Waals surface area contributed by atoms with Gasteiger partial charge in [0, 0.05) is 0 Å². The molecule has 0 unspecified atom stereocenters. The second-order valence-corrected chi connectivity index (χ2v) is 5.17. The zero-order chi connectivity index (χ0) is 7.78. The molecule has 1 fully saturated rings. The third-order valence-corrected chi connectivity index (χ3v) is 2.06. The van der Waals surface area contributed by atoms with Crippen molar-refractivity contribution in [3.05, 3.63) is 9.47 Å². The first-order valence-electron chi connectivity index (χ1n) is 2.84. The maximum absolute atomic E-state index is 10.5. The molecule has 0 heterocycles. The van der Waals surface area contributed by atoms with Crippen LogP contribution in [0.25, 0.3) is 0 Å². The van der Waals surface area contributed by atoms with Crippen LogP contribution in [-0.4, -0.2) is 11.1 Å². The van der Waals surface area contributed by atoms with Crippen LogP contribution in [0.4, 0.5) is 0 Å². The van der Waals surface area contributed by atoms with Gasteiger partial charge in [-0.15, -0.1) is 0 Å². The monoisotopic (exact) mass is 268 g/mol. The van der Waals surface area contributed by atoms with Crippen molar-refractivity contribution in [1.82, 2.24) is 0 Å². The van der Waals surface area contributed by atoms with E-state index in [0.29, 0.717) is 0 Å². The Balaban J connectivity index is 2.71. The molecule has 0 bridgehead atoms.